The Morgan fingerprint density at radius 2 is 2.00 bits per heavy atom. The second-order valence-electron chi connectivity index (χ2n) is 5.65. The van der Waals surface area contributed by atoms with Crippen LogP contribution in [-0.2, 0) is 16.1 Å². The summed E-state index contributed by atoms with van der Waals surface area (Å²) in [6, 6.07) is 14.0. The molecule has 0 aliphatic rings. The monoisotopic (exact) mass is 338 g/mol. The van der Waals surface area contributed by atoms with Crippen molar-refractivity contribution < 1.29 is 14.3 Å². The van der Waals surface area contributed by atoms with E-state index in [0.717, 1.165) is 5.56 Å². The Labute approximate surface area is 144 Å². The normalized spacial score (nSPS) is 12.1. The third kappa shape index (κ3) is 3.75. The first-order chi connectivity index (χ1) is 12.1. The quantitative estimate of drug-likeness (QED) is 0.723. The number of hydrogen-bond acceptors (Lipinski definition) is 5. The molecule has 25 heavy (non-hydrogen) atoms. The number of methoxy groups -OCH3 is 1. The standard InChI is InChI=1S/C19H18N2O4/c1-12(17-20-16-9-4-3-8-15(16)18(22)21-17)25-19(23)14-7-5-6-13(10-14)11-24-2/h3-10,12H,11H2,1-2H3,(H,20,21,22). The molecule has 2 aromatic carbocycles. The van der Waals surface area contributed by atoms with Gasteiger partial charge in [0.05, 0.1) is 23.1 Å². The van der Waals surface area contributed by atoms with Gasteiger partial charge >= 0.3 is 5.97 Å². The van der Waals surface area contributed by atoms with E-state index in [1.807, 2.05) is 6.07 Å². The fraction of sp³-hybridized carbons (Fsp3) is 0.211. The molecular formula is C19H18N2O4. The molecule has 0 saturated heterocycles. The molecule has 6 heteroatoms. The largest absolute Gasteiger partial charge is 0.451 e. The minimum Gasteiger partial charge on any atom is -0.451 e. The van der Waals surface area contributed by atoms with Crippen molar-refractivity contribution in [3.63, 3.8) is 0 Å². The van der Waals surface area contributed by atoms with E-state index in [-0.39, 0.29) is 5.56 Å². The fourth-order valence-corrected chi connectivity index (χ4v) is 2.54. The van der Waals surface area contributed by atoms with Crippen molar-refractivity contribution in [1.29, 1.82) is 0 Å². The molecule has 128 valence electrons. The molecule has 0 aliphatic carbocycles. The van der Waals surface area contributed by atoms with Crippen molar-refractivity contribution in [3.8, 4) is 0 Å². The van der Waals surface area contributed by atoms with Gasteiger partial charge in [0.1, 0.15) is 0 Å². The summed E-state index contributed by atoms with van der Waals surface area (Å²) in [7, 11) is 1.59. The lowest BCUT2D eigenvalue weighted by molar-refractivity contribution is 0.0319. The molecule has 1 N–H and O–H groups in total. The maximum atomic E-state index is 12.4. The van der Waals surface area contributed by atoms with E-state index in [1.54, 1.807) is 56.5 Å². The first-order valence-corrected chi connectivity index (χ1v) is 7.86. The van der Waals surface area contributed by atoms with Crippen LogP contribution in [0.2, 0.25) is 0 Å². The van der Waals surface area contributed by atoms with Crippen molar-refractivity contribution in [1.82, 2.24) is 9.97 Å². The number of aromatic amines is 1. The highest BCUT2D eigenvalue weighted by Crippen LogP contribution is 2.17. The summed E-state index contributed by atoms with van der Waals surface area (Å²) in [5.74, 6) is -0.175. The molecule has 1 atom stereocenters. The van der Waals surface area contributed by atoms with Crippen LogP contribution in [0, 0.1) is 0 Å². The van der Waals surface area contributed by atoms with E-state index >= 15 is 0 Å². The smallest absolute Gasteiger partial charge is 0.338 e. The van der Waals surface area contributed by atoms with Crippen LogP contribution in [0.3, 0.4) is 0 Å². The summed E-state index contributed by atoms with van der Waals surface area (Å²) in [6.07, 6.45) is -0.684. The summed E-state index contributed by atoms with van der Waals surface area (Å²) in [5, 5.41) is 0.497. The predicted octanol–water partition coefficient (Wildman–Crippen LogP) is 2.99. The summed E-state index contributed by atoms with van der Waals surface area (Å²) >= 11 is 0. The molecule has 1 aromatic heterocycles. The van der Waals surface area contributed by atoms with Crippen molar-refractivity contribution in [2.75, 3.05) is 7.11 Å². The molecule has 1 heterocycles. The molecule has 6 nitrogen and oxygen atoms in total. The van der Waals surface area contributed by atoms with Gasteiger partial charge in [-0.2, -0.15) is 0 Å². The highest BCUT2D eigenvalue weighted by molar-refractivity contribution is 5.89. The lowest BCUT2D eigenvalue weighted by atomic mass is 10.1. The topological polar surface area (TPSA) is 81.3 Å². The number of fused-ring (bicyclic) bond motifs is 1. The number of para-hydroxylation sites is 1. The van der Waals surface area contributed by atoms with E-state index in [2.05, 4.69) is 9.97 Å². The van der Waals surface area contributed by atoms with Crippen LogP contribution in [-0.4, -0.2) is 23.0 Å². The van der Waals surface area contributed by atoms with Crippen LogP contribution in [0.25, 0.3) is 10.9 Å². The average Bonchev–Trinajstić information content (AvgIpc) is 2.62. The van der Waals surface area contributed by atoms with E-state index in [4.69, 9.17) is 9.47 Å². The number of rotatable bonds is 5. The number of nitrogens with zero attached hydrogens (tertiary/aromatic N) is 1. The van der Waals surface area contributed by atoms with Crippen molar-refractivity contribution in [2.45, 2.75) is 19.6 Å². The number of nitrogens with one attached hydrogen (secondary N) is 1. The SMILES string of the molecule is COCc1cccc(C(=O)OC(C)c2nc3ccccc3c(=O)[nH]2)c1. The average molecular weight is 338 g/mol. The number of hydrogen-bond donors (Lipinski definition) is 1. The second-order valence-corrected chi connectivity index (χ2v) is 5.65. The number of carbonyl (C=O) groups excluding carboxylic acids is 1. The van der Waals surface area contributed by atoms with Gasteiger partial charge in [0.2, 0.25) is 0 Å². The Bertz CT molecular complexity index is 965. The molecule has 1 unspecified atom stereocenters. The number of ether oxygens (including phenoxy) is 2. The molecule has 0 amide bonds. The first-order valence-electron chi connectivity index (χ1n) is 7.86. The molecule has 0 radical (unpaired) electrons. The van der Waals surface area contributed by atoms with Crippen molar-refractivity contribution >= 4 is 16.9 Å². The van der Waals surface area contributed by atoms with Gasteiger partial charge in [-0.25, -0.2) is 9.78 Å². The molecule has 3 aromatic rings. The molecule has 0 saturated carbocycles. The van der Waals surface area contributed by atoms with Gasteiger partial charge in [0.25, 0.3) is 5.56 Å². The van der Waals surface area contributed by atoms with Gasteiger partial charge in [-0.3, -0.25) is 4.79 Å². The maximum absolute atomic E-state index is 12.4. The Hall–Kier alpha value is -2.99. The Balaban J connectivity index is 1.82. The van der Waals surface area contributed by atoms with Crippen molar-refractivity contribution in [2.24, 2.45) is 0 Å². The molecule has 0 aliphatic heterocycles. The summed E-state index contributed by atoms with van der Waals surface area (Å²) < 4.78 is 10.5. The van der Waals surface area contributed by atoms with E-state index < -0.39 is 12.1 Å². The van der Waals surface area contributed by atoms with Crippen LogP contribution in [0.5, 0.6) is 0 Å². The minimum absolute atomic E-state index is 0.259. The van der Waals surface area contributed by atoms with E-state index in [9.17, 15) is 9.59 Å². The lowest BCUT2D eigenvalue weighted by Gasteiger charge is -2.13. The molecule has 0 fully saturated rings. The zero-order valence-electron chi connectivity index (χ0n) is 14.0. The van der Waals surface area contributed by atoms with Crippen LogP contribution >= 0.6 is 0 Å². The van der Waals surface area contributed by atoms with Crippen LogP contribution in [0.4, 0.5) is 0 Å². The third-order valence-corrected chi connectivity index (χ3v) is 3.77. The van der Waals surface area contributed by atoms with E-state index in [0.29, 0.717) is 28.9 Å². The highest BCUT2D eigenvalue weighted by atomic mass is 16.5. The van der Waals surface area contributed by atoms with Gasteiger partial charge in [-0.15, -0.1) is 0 Å². The van der Waals surface area contributed by atoms with Gasteiger partial charge < -0.3 is 14.5 Å². The number of aromatic nitrogens is 2. The Morgan fingerprint density at radius 1 is 1.20 bits per heavy atom. The van der Waals surface area contributed by atoms with Gasteiger partial charge in [-0.05, 0) is 36.8 Å². The predicted molar refractivity (Wildman–Crippen MR) is 93.3 cm³/mol. The van der Waals surface area contributed by atoms with Crippen LogP contribution < -0.4 is 5.56 Å². The molecule has 3 rings (SSSR count). The summed E-state index contributed by atoms with van der Waals surface area (Å²) in [6.45, 7) is 2.08. The zero-order valence-corrected chi connectivity index (χ0v) is 14.0. The fourth-order valence-electron chi connectivity index (χ4n) is 2.54. The maximum Gasteiger partial charge on any atom is 0.338 e. The summed E-state index contributed by atoms with van der Waals surface area (Å²) in [4.78, 5) is 31.5. The Morgan fingerprint density at radius 3 is 2.80 bits per heavy atom. The van der Waals surface area contributed by atoms with Crippen molar-refractivity contribution in [3.05, 3.63) is 75.8 Å². The van der Waals surface area contributed by atoms with Gasteiger partial charge in [0, 0.05) is 7.11 Å². The molecular weight excluding hydrogens is 320 g/mol. The number of carbonyl (C=O) groups is 1. The molecule has 0 spiro atoms. The van der Waals surface area contributed by atoms with Crippen LogP contribution in [0.15, 0.2) is 53.3 Å². The molecule has 0 bridgehead atoms. The van der Waals surface area contributed by atoms with Crippen LogP contribution in [0.1, 0.15) is 34.8 Å². The zero-order chi connectivity index (χ0) is 17.8. The number of esters is 1. The second kappa shape index (κ2) is 7.27. The first kappa shape index (κ1) is 16.9. The highest BCUT2D eigenvalue weighted by Gasteiger charge is 2.17. The van der Waals surface area contributed by atoms with Gasteiger partial charge in [0.15, 0.2) is 11.9 Å². The minimum atomic E-state index is -0.684. The number of H-pyrrole nitrogens is 1. The third-order valence-electron chi connectivity index (χ3n) is 3.77. The van der Waals surface area contributed by atoms with E-state index in [1.165, 1.54) is 0 Å². The summed E-state index contributed by atoms with van der Waals surface area (Å²) in [5.41, 5.74) is 1.60. The Kier molecular flexibility index (Phi) is 4.90. The number of benzene rings is 2. The lowest BCUT2D eigenvalue weighted by Crippen LogP contribution is -2.17. The van der Waals surface area contributed by atoms with Gasteiger partial charge in [-0.1, -0.05) is 24.3 Å².